The van der Waals surface area contributed by atoms with Gasteiger partial charge >= 0.3 is 6.18 Å². The van der Waals surface area contributed by atoms with Gasteiger partial charge in [-0.1, -0.05) is 35.5 Å². The maximum Gasteiger partial charge on any atom is 0.416 e. The number of Topliss-reactive ketones (excluding diaryl/α,β-unsaturated/α-hetero) is 1. The van der Waals surface area contributed by atoms with Crippen molar-refractivity contribution in [1.82, 2.24) is 9.72 Å². The molecule has 6 nitrogen and oxygen atoms in total. The fraction of sp³-hybridized carbons (Fsp3) is 0.217. The quantitative estimate of drug-likeness (QED) is 0.390. The van der Waals surface area contributed by atoms with Crippen molar-refractivity contribution in [2.24, 2.45) is 0 Å². The average molecular weight is 476 g/mol. The molecule has 0 saturated carbocycles. The minimum absolute atomic E-state index is 0.00491. The van der Waals surface area contributed by atoms with Crippen LogP contribution < -0.4 is 0 Å². The second-order valence-electron chi connectivity index (χ2n) is 7.74. The number of carbonyl (C=O) groups is 1. The van der Waals surface area contributed by atoms with Crippen molar-refractivity contribution >= 4 is 26.5 Å². The number of para-hydroxylation sites is 1. The molecule has 4 rings (SSSR count). The molecule has 4 aromatic rings. The number of aromatic nitrogens is 2. The SMILES string of the molecule is Cc1cc(CC(=O)CS(=O)(=O)c2cn(Cc3ccc(C(F)(F)F)cc3)c3ccccc23)no1. The van der Waals surface area contributed by atoms with Gasteiger partial charge in [0.1, 0.15) is 11.5 Å². The van der Waals surface area contributed by atoms with Crippen LogP contribution in [0.5, 0.6) is 0 Å². The van der Waals surface area contributed by atoms with E-state index in [1.54, 1.807) is 41.8 Å². The molecule has 0 saturated heterocycles. The topological polar surface area (TPSA) is 82.2 Å². The molecule has 2 aromatic carbocycles. The van der Waals surface area contributed by atoms with Gasteiger partial charge in [0.05, 0.1) is 22.6 Å². The van der Waals surface area contributed by atoms with Crippen LogP contribution in [0.4, 0.5) is 13.2 Å². The van der Waals surface area contributed by atoms with Crippen molar-refractivity contribution in [2.75, 3.05) is 5.75 Å². The van der Waals surface area contributed by atoms with E-state index in [4.69, 9.17) is 4.52 Å². The summed E-state index contributed by atoms with van der Waals surface area (Å²) in [7, 11) is -3.97. The first kappa shape index (κ1) is 22.8. The van der Waals surface area contributed by atoms with E-state index in [9.17, 15) is 26.4 Å². The van der Waals surface area contributed by atoms with Crippen LogP contribution >= 0.6 is 0 Å². The van der Waals surface area contributed by atoms with Gasteiger partial charge in [-0.3, -0.25) is 4.79 Å². The number of aryl methyl sites for hydroxylation is 1. The van der Waals surface area contributed by atoms with Crippen LogP contribution in [-0.2, 0) is 33.8 Å². The van der Waals surface area contributed by atoms with Gasteiger partial charge in [0.15, 0.2) is 15.6 Å². The van der Waals surface area contributed by atoms with Crippen molar-refractivity contribution in [3.05, 3.63) is 83.4 Å². The lowest BCUT2D eigenvalue weighted by molar-refractivity contribution is -0.137. The van der Waals surface area contributed by atoms with Crippen LogP contribution in [0.1, 0.15) is 22.6 Å². The lowest BCUT2D eigenvalue weighted by Gasteiger charge is -2.09. The fourth-order valence-electron chi connectivity index (χ4n) is 3.63. The van der Waals surface area contributed by atoms with Gasteiger partial charge < -0.3 is 9.09 Å². The molecule has 0 aliphatic rings. The van der Waals surface area contributed by atoms with Crippen molar-refractivity contribution in [2.45, 2.75) is 31.0 Å². The molecular formula is C23H19F3N2O4S. The van der Waals surface area contributed by atoms with Crippen LogP contribution in [0.15, 0.2) is 70.2 Å². The van der Waals surface area contributed by atoms with Gasteiger partial charge in [0.2, 0.25) is 0 Å². The minimum atomic E-state index is -4.43. The Balaban J connectivity index is 1.61. The molecular weight excluding hydrogens is 457 g/mol. The predicted molar refractivity (Wildman–Crippen MR) is 114 cm³/mol. The second-order valence-corrected chi connectivity index (χ2v) is 9.69. The van der Waals surface area contributed by atoms with E-state index in [1.807, 2.05) is 0 Å². The first-order valence-corrected chi connectivity index (χ1v) is 11.6. The number of halogens is 3. The monoisotopic (exact) mass is 476 g/mol. The summed E-state index contributed by atoms with van der Waals surface area (Å²) in [5, 5.41) is 4.15. The van der Waals surface area contributed by atoms with E-state index < -0.39 is 33.1 Å². The molecule has 2 heterocycles. The number of rotatable bonds is 7. The predicted octanol–water partition coefficient (Wildman–Crippen LogP) is 4.59. The third-order valence-electron chi connectivity index (χ3n) is 5.13. The lowest BCUT2D eigenvalue weighted by Crippen LogP contribution is -2.18. The molecule has 0 bridgehead atoms. The molecule has 33 heavy (non-hydrogen) atoms. The first-order valence-electron chi connectivity index (χ1n) is 9.93. The van der Waals surface area contributed by atoms with Crippen LogP contribution in [0.25, 0.3) is 10.9 Å². The summed E-state index contributed by atoms with van der Waals surface area (Å²) in [6.07, 6.45) is -3.18. The van der Waals surface area contributed by atoms with Gasteiger partial charge in [-0.05, 0) is 30.7 Å². The number of hydrogen-bond donors (Lipinski definition) is 0. The van der Waals surface area contributed by atoms with Gasteiger partial charge in [-0.25, -0.2) is 8.42 Å². The highest BCUT2D eigenvalue weighted by molar-refractivity contribution is 7.92. The molecule has 0 spiro atoms. The number of carbonyl (C=O) groups excluding carboxylic acids is 1. The van der Waals surface area contributed by atoms with Crippen molar-refractivity contribution in [3.8, 4) is 0 Å². The Hall–Kier alpha value is -3.40. The summed E-state index contributed by atoms with van der Waals surface area (Å²) in [5.74, 6) is -0.706. The Morgan fingerprint density at radius 3 is 2.42 bits per heavy atom. The lowest BCUT2D eigenvalue weighted by atomic mass is 10.1. The number of fused-ring (bicyclic) bond motifs is 1. The number of hydrogen-bond acceptors (Lipinski definition) is 5. The van der Waals surface area contributed by atoms with E-state index in [2.05, 4.69) is 5.16 Å². The maximum atomic E-state index is 13.1. The summed E-state index contributed by atoms with van der Waals surface area (Å²) in [6, 6.07) is 13.0. The van der Waals surface area contributed by atoms with Crippen LogP contribution in [0, 0.1) is 6.92 Å². The Morgan fingerprint density at radius 2 is 1.79 bits per heavy atom. The van der Waals surface area contributed by atoms with Gasteiger partial charge in [0, 0.05) is 29.7 Å². The summed E-state index contributed by atoms with van der Waals surface area (Å²) in [4.78, 5) is 12.4. The number of benzene rings is 2. The Labute approximate surface area is 187 Å². The summed E-state index contributed by atoms with van der Waals surface area (Å²) in [5.41, 5.74) is 0.769. The number of nitrogens with zero attached hydrogens (tertiary/aromatic N) is 2. The molecule has 172 valence electrons. The molecule has 0 radical (unpaired) electrons. The van der Waals surface area contributed by atoms with Crippen molar-refractivity contribution < 1.29 is 30.9 Å². The maximum absolute atomic E-state index is 13.1. The van der Waals surface area contributed by atoms with E-state index in [-0.39, 0.29) is 17.9 Å². The van der Waals surface area contributed by atoms with Crippen molar-refractivity contribution in [1.29, 1.82) is 0 Å². The van der Waals surface area contributed by atoms with E-state index in [0.29, 0.717) is 27.9 Å². The third-order valence-corrected chi connectivity index (χ3v) is 6.82. The summed E-state index contributed by atoms with van der Waals surface area (Å²) in [6.45, 7) is 1.84. The average Bonchev–Trinajstić information content (AvgIpc) is 3.31. The highest BCUT2D eigenvalue weighted by Gasteiger charge is 2.30. The zero-order valence-electron chi connectivity index (χ0n) is 17.5. The number of sulfone groups is 1. The van der Waals surface area contributed by atoms with E-state index >= 15 is 0 Å². The Morgan fingerprint density at radius 1 is 1.09 bits per heavy atom. The van der Waals surface area contributed by atoms with Gasteiger partial charge in [-0.15, -0.1) is 0 Å². The zero-order valence-corrected chi connectivity index (χ0v) is 18.3. The highest BCUT2D eigenvalue weighted by atomic mass is 32.2. The van der Waals surface area contributed by atoms with Crippen molar-refractivity contribution in [3.63, 3.8) is 0 Å². The zero-order chi connectivity index (χ0) is 23.8. The largest absolute Gasteiger partial charge is 0.416 e. The van der Waals surface area contributed by atoms with Crippen LogP contribution in [0.2, 0.25) is 0 Å². The molecule has 0 atom stereocenters. The summed E-state index contributed by atoms with van der Waals surface area (Å²) < 4.78 is 71.2. The van der Waals surface area contributed by atoms with Gasteiger partial charge in [0.25, 0.3) is 0 Å². The second kappa shape index (κ2) is 8.51. The fourth-order valence-corrected chi connectivity index (χ4v) is 5.11. The van der Waals surface area contributed by atoms with Crippen LogP contribution in [0.3, 0.4) is 0 Å². The molecule has 0 amide bonds. The smallest absolute Gasteiger partial charge is 0.361 e. The molecule has 10 heteroatoms. The molecule has 0 unspecified atom stereocenters. The summed E-state index contributed by atoms with van der Waals surface area (Å²) >= 11 is 0. The van der Waals surface area contributed by atoms with Gasteiger partial charge in [-0.2, -0.15) is 13.2 Å². The Kier molecular flexibility index (Phi) is 5.87. The highest BCUT2D eigenvalue weighted by Crippen LogP contribution is 2.30. The molecule has 0 aliphatic heterocycles. The van der Waals surface area contributed by atoms with E-state index in [1.165, 1.54) is 18.3 Å². The molecule has 0 fully saturated rings. The molecule has 0 N–H and O–H groups in total. The molecule has 2 aromatic heterocycles. The third kappa shape index (κ3) is 5.00. The minimum Gasteiger partial charge on any atom is -0.361 e. The van der Waals surface area contributed by atoms with E-state index in [0.717, 1.165) is 12.1 Å². The number of alkyl halides is 3. The normalized spacial score (nSPS) is 12.4. The van der Waals surface area contributed by atoms with Crippen LogP contribution in [-0.4, -0.2) is 29.7 Å². The Bertz CT molecular complexity index is 1420. The molecule has 0 aliphatic carbocycles. The first-order chi connectivity index (χ1) is 15.5. The number of ketones is 1. The standard InChI is InChI=1S/C23H19F3N2O4S/c1-15-10-18(27-32-15)11-19(29)14-33(30,31)22-13-28(21-5-3-2-4-20(21)22)12-16-6-8-17(9-7-16)23(24,25)26/h2-10,13H,11-12,14H2,1H3.